The molecule has 0 atom stereocenters. The number of carbonyl (C=O) groups is 1. The Morgan fingerprint density at radius 2 is 1.73 bits per heavy atom. The first kappa shape index (κ1) is 18.9. The van der Waals surface area contributed by atoms with Gasteiger partial charge in [-0.2, -0.15) is 0 Å². The number of benzene rings is 2. The molecule has 0 aromatic heterocycles. The topological polar surface area (TPSA) is 55.8 Å². The second-order valence-corrected chi connectivity index (χ2v) is 7.38. The lowest BCUT2D eigenvalue weighted by Crippen LogP contribution is -2.40. The Bertz CT molecular complexity index is 713. The third kappa shape index (κ3) is 5.06. The monoisotopic (exact) mass is 417 g/mol. The van der Waals surface area contributed by atoms with Crippen LogP contribution in [0.2, 0.25) is 0 Å². The number of urea groups is 1. The van der Waals surface area contributed by atoms with Crippen LogP contribution in [0.25, 0.3) is 0 Å². The van der Waals surface area contributed by atoms with E-state index in [4.69, 9.17) is 5.11 Å². The van der Waals surface area contributed by atoms with E-state index in [0.29, 0.717) is 6.54 Å². The lowest BCUT2D eigenvalue weighted by Gasteiger charge is -2.26. The maximum Gasteiger partial charge on any atom is 0.326 e. The van der Waals surface area contributed by atoms with Crippen LogP contribution in [0.1, 0.15) is 18.4 Å². The third-order valence-corrected chi connectivity index (χ3v) is 5.14. The van der Waals surface area contributed by atoms with Crippen LogP contribution in [0.3, 0.4) is 0 Å². The molecule has 2 aromatic carbocycles. The summed E-state index contributed by atoms with van der Waals surface area (Å²) >= 11 is 3.44. The fourth-order valence-electron chi connectivity index (χ4n) is 3.10. The van der Waals surface area contributed by atoms with Crippen molar-refractivity contribution in [2.45, 2.75) is 19.4 Å². The van der Waals surface area contributed by atoms with E-state index in [1.54, 1.807) is 4.90 Å². The minimum atomic E-state index is -0.150. The van der Waals surface area contributed by atoms with Crippen LogP contribution in [0.5, 0.6) is 0 Å². The Hall–Kier alpha value is -1.89. The fourth-order valence-corrected chi connectivity index (χ4v) is 3.37. The van der Waals surface area contributed by atoms with Gasteiger partial charge in [-0.1, -0.05) is 28.1 Å². The van der Waals surface area contributed by atoms with E-state index in [0.717, 1.165) is 41.0 Å². The van der Waals surface area contributed by atoms with Crippen molar-refractivity contribution in [2.75, 3.05) is 36.4 Å². The number of carbonyl (C=O) groups excluding carboxylic acids is 1. The van der Waals surface area contributed by atoms with Gasteiger partial charge in [0, 0.05) is 28.9 Å². The molecule has 26 heavy (non-hydrogen) atoms. The van der Waals surface area contributed by atoms with Crippen molar-refractivity contribution < 1.29 is 9.90 Å². The van der Waals surface area contributed by atoms with Gasteiger partial charge in [0.05, 0.1) is 6.61 Å². The minimum absolute atomic E-state index is 0.00488. The molecule has 138 valence electrons. The van der Waals surface area contributed by atoms with E-state index in [-0.39, 0.29) is 12.6 Å². The fraction of sp³-hybridized carbons (Fsp3) is 0.350. The summed E-state index contributed by atoms with van der Waals surface area (Å²) in [5.41, 5.74) is 2.41. The van der Waals surface area contributed by atoms with Gasteiger partial charge in [0.2, 0.25) is 0 Å². The summed E-state index contributed by atoms with van der Waals surface area (Å²) in [4.78, 5) is 17.1. The zero-order chi connectivity index (χ0) is 18.4. The molecule has 1 aliphatic rings. The maximum absolute atomic E-state index is 12.9. The predicted molar refractivity (Wildman–Crippen MR) is 109 cm³/mol. The van der Waals surface area contributed by atoms with Gasteiger partial charge in [-0.15, -0.1) is 0 Å². The lowest BCUT2D eigenvalue weighted by molar-refractivity contribution is 0.255. The van der Waals surface area contributed by atoms with Gasteiger partial charge in [-0.05, 0) is 67.9 Å². The van der Waals surface area contributed by atoms with Crippen LogP contribution >= 0.6 is 15.9 Å². The van der Waals surface area contributed by atoms with Crippen molar-refractivity contribution in [3.63, 3.8) is 0 Å². The van der Waals surface area contributed by atoms with Crippen LogP contribution in [0.15, 0.2) is 53.0 Å². The van der Waals surface area contributed by atoms with E-state index in [2.05, 4.69) is 26.1 Å². The molecule has 2 N–H and O–H groups in total. The number of rotatable bonds is 6. The maximum atomic E-state index is 12.9. The SMILES string of the molecule is O=C(Nc1ccc(CO)cc1)N(CCN1CCCC1)c1ccc(Br)cc1. The average molecular weight is 418 g/mol. The zero-order valence-corrected chi connectivity index (χ0v) is 16.3. The highest BCUT2D eigenvalue weighted by molar-refractivity contribution is 9.10. The molecule has 0 bridgehead atoms. The molecule has 0 aliphatic carbocycles. The molecule has 2 aromatic rings. The Labute approximate surface area is 162 Å². The predicted octanol–water partition coefficient (Wildman–Crippen LogP) is 4.08. The molecule has 1 heterocycles. The number of likely N-dealkylation sites (tertiary alicyclic amines) is 1. The van der Waals surface area contributed by atoms with E-state index >= 15 is 0 Å². The van der Waals surface area contributed by atoms with Gasteiger partial charge in [-0.25, -0.2) is 4.79 Å². The first-order valence-electron chi connectivity index (χ1n) is 8.92. The highest BCUT2D eigenvalue weighted by atomic mass is 79.9. The second kappa shape index (κ2) is 9.16. The molecule has 0 unspecified atom stereocenters. The summed E-state index contributed by atoms with van der Waals surface area (Å²) in [5, 5.41) is 12.1. The second-order valence-electron chi connectivity index (χ2n) is 6.46. The Balaban J connectivity index is 1.71. The number of anilines is 2. The van der Waals surface area contributed by atoms with Crippen LogP contribution < -0.4 is 10.2 Å². The molecule has 1 aliphatic heterocycles. The molecule has 2 amide bonds. The van der Waals surface area contributed by atoms with Crippen LogP contribution in [0.4, 0.5) is 16.2 Å². The van der Waals surface area contributed by atoms with E-state index < -0.39 is 0 Å². The van der Waals surface area contributed by atoms with Crippen molar-refractivity contribution in [1.29, 1.82) is 0 Å². The summed E-state index contributed by atoms with van der Waals surface area (Å²) < 4.78 is 0.987. The first-order chi connectivity index (χ1) is 12.7. The summed E-state index contributed by atoms with van der Waals surface area (Å²) in [6.45, 7) is 3.72. The molecule has 0 radical (unpaired) electrons. The Kier molecular flexibility index (Phi) is 6.66. The summed E-state index contributed by atoms with van der Waals surface area (Å²) in [5.74, 6) is 0. The molecule has 0 saturated carbocycles. The molecular weight excluding hydrogens is 394 g/mol. The number of nitrogens with one attached hydrogen (secondary N) is 1. The largest absolute Gasteiger partial charge is 0.392 e. The summed E-state index contributed by atoms with van der Waals surface area (Å²) in [7, 11) is 0. The van der Waals surface area contributed by atoms with Crippen LogP contribution in [-0.4, -0.2) is 42.2 Å². The number of aliphatic hydroxyl groups is 1. The van der Waals surface area contributed by atoms with Gasteiger partial charge in [0.1, 0.15) is 0 Å². The van der Waals surface area contributed by atoms with Crippen molar-refractivity contribution in [3.8, 4) is 0 Å². The Morgan fingerprint density at radius 3 is 2.35 bits per heavy atom. The van der Waals surface area contributed by atoms with E-state index in [9.17, 15) is 4.79 Å². The molecule has 1 fully saturated rings. The van der Waals surface area contributed by atoms with Gasteiger partial charge in [0.25, 0.3) is 0 Å². The molecular formula is C20H24BrN3O2. The number of hydrogen-bond donors (Lipinski definition) is 2. The van der Waals surface area contributed by atoms with Gasteiger partial charge in [0.15, 0.2) is 0 Å². The zero-order valence-electron chi connectivity index (χ0n) is 14.7. The first-order valence-corrected chi connectivity index (χ1v) is 9.71. The van der Waals surface area contributed by atoms with Gasteiger partial charge < -0.3 is 15.3 Å². The molecule has 0 spiro atoms. The van der Waals surface area contributed by atoms with E-state index in [1.165, 1.54) is 12.8 Å². The molecule has 6 heteroatoms. The highest BCUT2D eigenvalue weighted by Crippen LogP contribution is 2.20. The van der Waals surface area contributed by atoms with Gasteiger partial charge >= 0.3 is 6.03 Å². The molecule has 3 rings (SSSR count). The highest BCUT2D eigenvalue weighted by Gasteiger charge is 2.19. The van der Waals surface area contributed by atoms with Crippen molar-refractivity contribution in [3.05, 3.63) is 58.6 Å². The lowest BCUT2D eigenvalue weighted by atomic mass is 10.2. The quantitative estimate of drug-likeness (QED) is 0.744. The Morgan fingerprint density at radius 1 is 1.08 bits per heavy atom. The summed E-state index contributed by atoms with van der Waals surface area (Å²) in [6, 6.07) is 14.9. The number of hydrogen-bond acceptors (Lipinski definition) is 3. The summed E-state index contributed by atoms with van der Waals surface area (Å²) in [6.07, 6.45) is 2.48. The van der Waals surface area contributed by atoms with Crippen molar-refractivity contribution in [1.82, 2.24) is 4.90 Å². The van der Waals surface area contributed by atoms with Crippen molar-refractivity contribution in [2.24, 2.45) is 0 Å². The third-order valence-electron chi connectivity index (χ3n) is 4.61. The standard InChI is InChI=1S/C20H24BrN3O2/c21-17-5-9-19(10-6-17)24(14-13-23-11-1-2-12-23)20(26)22-18-7-3-16(15-25)4-8-18/h3-10,25H,1-2,11-15H2,(H,22,26). The van der Waals surface area contributed by atoms with Gasteiger partial charge in [-0.3, -0.25) is 4.90 Å². The smallest absolute Gasteiger partial charge is 0.326 e. The number of halogens is 1. The average Bonchev–Trinajstić information content (AvgIpc) is 3.17. The number of amides is 2. The number of aliphatic hydroxyl groups excluding tert-OH is 1. The van der Waals surface area contributed by atoms with Crippen molar-refractivity contribution >= 4 is 33.3 Å². The minimum Gasteiger partial charge on any atom is -0.392 e. The van der Waals surface area contributed by atoms with Crippen LogP contribution in [-0.2, 0) is 6.61 Å². The molecule has 1 saturated heterocycles. The van der Waals surface area contributed by atoms with Crippen LogP contribution in [0, 0.1) is 0 Å². The number of nitrogens with zero attached hydrogens (tertiary/aromatic N) is 2. The normalized spacial score (nSPS) is 14.4. The molecule has 5 nitrogen and oxygen atoms in total. The van der Waals surface area contributed by atoms with E-state index in [1.807, 2.05) is 48.5 Å².